The van der Waals surface area contributed by atoms with Crippen molar-refractivity contribution < 1.29 is 23.8 Å². The summed E-state index contributed by atoms with van der Waals surface area (Å²) >= 11 is 5.91. The van der Waals surface area contributed by atoms with Gasteiger partial charge < -0.3 is 19.5 Å². The summed E-state index contributed by atoms with van der Waals surface area (Å²) in [6.45, 7) is 1.75. The molecule has 1 atom stereocenters. The van der Waals surface area contributed by atoms with Crippen molar-refractivity contribution in [2.75, 3.05) is 14.2 Å². The molecule has 2 aromatic rings. The normalized spacial score (nSPS) is 11.4. The van der Waals surface area contributed by atoms with E-state index < -0.39 is 18.0 Å². The number of benzene rings is 2. The lowest BCUT2D eigenvalue weighted by molar-refractivity contribution is -0.129. The number of carbonyl (C=O) groups is 2. The third-order valence-electron chi connectivity index (χ3n) is 3.68. The van der Waals surface area contributed by atoms with Crippen molar-refractivity contribution in [3.8, 4) is 11.5 Å². The molecule has 0 bridgehead atoms. The van der Waals surface area contributed by atoms with Gasteiger partial charge in [0.25, 0.3) is 5.91 Å². The van der Waals surface area contributed by atoms with E-state index in [1.165, 1.54) is 20.1 Å². The van der Waals surface area contributed by atoms with Crippen LogP contribution in [0.5, 0.6) is 11.5 Å². The molecule has 0 fully saturated rings. The predicted octanol–water partition coefficient (Wildman–Crippen LogP) is 3.22. The highest BCUT2D eigenvalue weighted by molar-refractivity contribution is 6.31. The summed E-state index contributed by atoms with van der Waals surface area (Å²) in [7, 11) is 2.99. The maximum Gasteiger partial charge on any atom is 0.342 e. The van der Waals surface area contributed by atoms with E-state index in [2.05, 4.69) is 5.32 Å². The summed E-state index contributed by atoms with van der Waals surface area (Å²) in [5.74, 6) is -0.128. The zero-order valence-corrected chi connectivity index (χ0v) is 15.5. The molecular formula is C19H20ClNO5. The van der Waals surface area contributed by atoms with Crippen LogP contribution in [0.25, 0.3) is 0 Å². The SMILES string of the molecule is COc1ccccc1CNC(=O)[C@@H](C)OC(=O)c1cc(Cl)ccc1OC. The zero-order valence-electron chi connectivity index (χ0n) is 14.7. The lowest BCUT2D eigenvalue weighted by Gasteiger charge is -2.15. The van der Waals surface area contributed by atoms with Crippen molar-refractivity contribution in [1.29, 1.82) is 0 Å². The Hall–Kier alpha value is -2.73. The van der Waals surface area contributed by atoms with Gasteiger partial charge in [0, 0.05) is 17.1 Å². The van der Waals surface area contributed by atoms with Crippen LogP contribution < -0.4 is 14.8 Å². The van der Waals surface area contributed by atoms with Crippen LogP contribution in [0.4, 0.5) is 0 Å². The Morgan fingerprint density at radius 3 is 2.46 bits per heavy atom. The van der Waals surface area contributed by atoms with Crippen LogP contribution in [0.1, 0.15) is 22.8 Å². The third kappa shape index (κ3) is 4.89. The standard InChI is InChI=1S/C19H20ClNO5/c1-12(18(22)21-11-13-6-4-5-7-16(13)24-2)26-19(23)15-10-14(20)8-9-17(15)25-3/h4-10,12H,11H2,1-3H3,(H,21,22)/t12-/m1/s1. The summed E-state index contributed by atoms with van der Waals surface area (Å²) in [6, 6.07) is 11.9. The largest absolute Gasteiger partial charge is 0.496 e. The Labute approximate surface area is 157 Å². The first-order valence-electron chi connectivity index (χ1n) is 7.90. The molecule has 0 unspecified atom stereocenters. The molecule has 0 saturated heterocycles. The Morgan fingerprint density at radius 1 is 1.08 bits per heavy atom. The van der Waals surface area contributed by atoms with Gasteiger partial charge in [0.1, 0.15) is 17.1 Å². The number of esters is 1. The minimum absolute atomic E-state index is 0.157. The molecule has 0 aromatic heterocycles. The van der Waals surface area contributed by atoms with E-state index in [0.717, 1.165) is 5.56 Å². The van der Waals surface area contributed by atoms with E-state index in [1.54, 1.807) is 25.3 Å². The second-order valence-corrected chi connectivity index (χ2v) is 5.86. The first-order valence-corrected chi connectivity index (χ1v) is 8.28. The molecule has 0 spiro atoms. The lowest BCUT2D eigenvalue weighted by atomic mass is 10.2. The average molecular weight is 378 g/mol. The van der Waals surface area contributed by atoms with Gasteiger partial charge in [-0.05, 0) is 31.2 Å². The van der Waals surface area contributed by atoms with E-state index >= 15 is 0 Å². The van der Waals surface area contributed by atoms with Crippen molar-refractivity contribution >= 4 is 23.5 Å². The first-order chi connectivity index (χ1) is 12.5. The predicted molar refractivity (Wildman–Crippen MR) is 97.7 cm³/mol. The Kier molecular flexibility index (Phi) is 6.86. The molecule has 2 aromatic carbocycles. The fraction of sp³-hybridized carbons (Fsp3) is 0.263. The van der Waals surface area contributed by atoms with Crippen molar-refractivity contribution in [1.82, 2.24) is 5.32 Å². The maximum atomic E-state index is 12.3. The van der Waals surface area contributed by atoms with Crippen LogP contribution >= 0.6 is 11.6 Å². The molecule has 6 nitrogen and oxygen atoms in total. The molecule has 0 aliphatic heterocycles. The zero-order chi connectivity index (χ0) is 19.1. The van der Waals surface area contributed by atoms with Crippen LogP contribution in [0.3, 0.4) is 0 Å². The van der Waals surface area contributed by atoms with Gasteiger partial charge in [0.15, 0.2) is 6.10 Å². The summed E-state index contributed by atoms with van der Waals surface area (Å²) in [6.07, 6.45) is -0.985. The maximum absolute atomic E-state index is 12.3. The van der Waals surface area contributed by atoms with Gasteiger partial charge in [-0.25, -0.2) is 4.79 Å². The van der Waals surface area contributed by atoms with E-state index in [9.17, 15) is 9.59 Å². The highest BCUT2D eigenvalue weighted by Crippen LogP contribution is 2.24. The Balaban J connectivity index is 1.98. The Bertz CT molecular complexity index is 793. The number of methoxy groups -OCH3 is 2. The number of rotatable bonds is 7. The molecule has 0 aliphatic carbocycles. The number of hydrogen-bond donors (Lipinski definition) is 1. The lowest BCUT2D eigenvalue weighted by Crippen LogP contribution is -2.35. The van der Waals surface area contributed by atoms with Gasteiger partial charge in [-0.15, -0.1) is 0 Å². The summed E-state index contributed by atoms with van der Waals surface area (Å²) in [5, 5.41) is 3.08. The number of hydrogen-bond acceptors (Lipinski definition) is 5. The van der Waals surface area contributed by atoms with Crippen LogP contribution in [-0.4, -0.2) is 32.2 Å². The van der Waals surface area contributed by atoms with Gasteiger partial charge in [-0.2, -0.15) is 0 Å². The molecule has 2 rings (SSSR count). The van der Waals surface area contributed by atoms with Crippen LogP contribution in [-0.2, 0) is 16.1 Å². The van der Waals surface area contributed by atoms with E-state index in [1.807, 2.05) is 18.2 Å². The van der Waals surface area contributed by atoms with E-state index in [-0.39, 0.29) is 12.1 Å². The van der Waals surface area contributed by atoms with Gasteiger partial charge in [-0.1, -0.05) is 29.8 Å². The van der Waals surface area contributed by atoms with Crippen molar-refractivity contribution in [3.05, 3.63) is 58.6 Å². The highest BCUT2D eigenvalue weighted by Gasteiger charge is 2.21. The monoisotopic (exact) mass is 377 g/mol. The first kappa shape index (κ1) is 19.6. The number of carbonyl (C=O) groups excluding carboxylic acids is 2. The summed E-state index contributed by atoms with van der Waals surface area (Å²) in [4.78, 5) is 24.5. The number of halogens is 1. The van der Waals surface area contributed by atoms with Crippen molar-refractivity contribution in [2.24, 2.45) is 0 Å². The fourth-order valence-corrected chi connectivity index (χ4v) is 2.46. The van der Waals surface area contributed by atoms with Crippen molar-refractivity contribution in [3.63, 3.8) is 0 Å². The van der Waals surface area contributed by atoms with Gasteiger partial charge in [-0.3, -0.25) is 4.79 Å². The molecule has 0 radical (unpaired) electrons. The molecule has 138 valence electrons. The van der Waals surface area contributed by atoms with Gasteiger partial charge in [0.05, 0.1) is 14.2 Å². The quantitative estimate of drug-likeness (QED) is 0.750. The van der Waals surface area contributed by atoms with Gasteiger partial charge in [0.2, 0.25) is 0 Å². The molecule has 0 aliphatic rings. The van der Waals surface area contributed by atoms with Gasteiger partial charge >= 0.3 is 5.97 Å². The van der Waals surface area contributed by atoms with E-state index in [0.29, 0.717) is 16.5 Å². The number of nitrogens with one attached hydrogen (secondary N) is 1. The van der Waals surface area contributed by atoms with Crippen LogP contribution in [0, 0.1) is 0 Å². The fourth-order valence-electron chi connectivity index (χ4n) is 2.29. The summed E-state index contributed by atoms with van der Waals surface area (Å²) in [5.41, 5.74) is 0.975. The smallest absolute Gasteiger partial charge is 0.342 e. The second kappa shape index (κ2) is 9.10. The topological polar surface area (TPSA) is 73.9 Å². The molecule has 7 heteroatoms. The molecule has 1 amide bonds. The number of amides is 1. The number of para-hydroxylation sites is 1. The minimum Gasteiger partial charge on any atom is -0.496 e. The number of ether oxygens (including phenoxy) is 3. The molecular weight excluding hydrogens is 358 g/mol. The van der Waals surface area contributed by atoms with E-state index in [4.69, 9.17) is 25.8 Å². The molecule has 26 heavy (non-hydrogen) atoms. The third-order valence-corrected chi connectivity index (χ3v) is 3.92. The molecule has 0 saturated carbocycles. The van der Waals surface area contributed by atoms with Crippen LogP contribution in [0.2, 0.25) is 5.02 Å². The van der Waals surface area contributed by atoms with Crippen molar-refractivity contribution in [2.45, 2.75) is 19.6 Å². The molecule has 0 heterocycles. The summed E-state index contributed by atoms with van der Waals surface area (Å²) < 4.78 is 15.6. The minimum atomic E-state index is -0.985. The second-order valence-electron chi connectivity index (χ2n) is 5.42. The molecule has 1 N–H and O–H groups in total. The highest BCUT2D eigenvalue weighted by atomic mass is 35.5. The van der Waals surface area contributed by atoms with Crippen LogP contribution in [0.15, 0.2) is 42.5 Å². The Morgan fingerprint density at radius 2 is 1.77 bits per heavy atom. The average Bonchev–Trinajstić information content (AvgIpc) is 2.66.